The molecule has 0 bridgehead atoms. The Labute approximate surface area is 201 Å². The molecule has 4 nitrogen and oxygen atoms in total. The summed E-state index contributed by atoms with van der Waals surface area (Å²) in [7, 11) is 1.32. The van der Waals surface area contributed by atoms with E-state index in [-0.39, 0.29) is 17.5 Å². The molecule has 0 saturated carbocycles. The Morgan fingerprint density at radius 2 is 1.74 bits per heavy atom. The van der Waals surface area contributed by atoms with Gasteiger partial charge in [-0.3, -0.25) is 4.79 Å². The maximum Gasteiger partial charge on any atom is 0.330 e. The van der Waals surface area contributed by atoms with E-state index in [4.69, 9.17) is 4.74 Å². The fourth-order valence-electron chi connectivity index (χ4n) is 3.62. The molecule has 0 radical (unpaired) electrons. The molecule has 6 heteroatoms. The van der Waals surface area contributed by atoms with Crippen molar-refractivity contribution in [1.82, 2.24) is 0 Å². The molecule has 0 atom stereocenters. The molecular formula is C28H23FO4S. The van der Waals surface area contributed by atoms with Gasteiger partial charge in [-0.25, -0.2) is 9.18 Å². The third-order valence-electron chi connectivity index (χ3n) is 5.35. The third kappa shape index (κ3) is 4.92. The lowest BCUT2D eigenvalue weighted by Crippen LogP contribution is -2.06. The van der Waals surface area contributed by atoms with Crippen molar-refractivity contribution in [2.24, 2.45) is 0 Å². The average molecular weight is 475 g/mol. The summed E-state index contributed by atoms with van der Waals surface area (Å²) < 4.78 is 25.4. The molecule has 0 aliphatic carbocycles. The summed E-state index contributed by atoms with van der Waals surface area (Å²) in [5, 5.41) is 0.673. The highest BCUT2D eigenvalue weighted by atomic mass is 32.1. The van der Waals surface area contributed by atoms with E-state index in [1.165, 1.54) is 36.7 Å². The van der Waals surface area contributed by atoms with Gasteiger partial charge in [0.25, 0.3) is 0 Å². The Morgan fingerprint density at radius 3 is 2.44 bits per heavy atom. The van der Waals surface area contributed by atoms with Crippen LogP contribution in [0.2, 0.25) is 0 Å². The van der Waals surface area contributed by atoms with Gasteiger partial charge in [-0.2, -0.15) is 0 Å². The summed E-state index contributed by atoms with van der Waals surface area (Å²) in [4.78, 5) is 25.4. The number of esters is 1. The van der Waals surface area contributed by atoms with Crippen LogP contribution in [-0.2, 0) is 9.53 Å². The molecule has 0 aliphatic rings. The zero-order valence-electron chi connectivity index (χ0n) is 19.0. The van der Waals surface area contributed by atoms with E-state index in [0.717, 1.165) is 11.1 Å². The van der Waals surface area contributed by atoms with Crippen LogP contribution in [0, 0.1) is 5.82 Å². The molecule has 4 rings (SSSR count). The maximum atomic E-state index is 13.9. The fourth-order valence-corrected chi connectivity index (χ4v) is 4.73. The average Bonchev–Trinajstić information content (AvgIpc) is 3.19. The van der Waals surface area contributed by atoms with Crippen LogP contribution in [-0.4, -0.2) is 18.9 Å². The molecule has 172 valence electrons. The van der Waals surface area contributed by atoms with Crippen molar-refractivity contribution in [3.8, 4) is 11.5 Å². The van der Waals surface area contributed by atoms with Crippen LogP contribution in [0.1, 0.15) is 46.1 Å². The zero-order valence-corrected chi connectivity index (χ0v) is 19.8. The molecule has 0 unspecified atom stereocenters. The summed E-state index contributed by atoms with van der Waals surface area (Å²) in [6.45, 7) is 4.08. The van der Waals surface area contributed by atoms with Crippen molar-refractivity contribution in [3.63, 3.8) is 0 Å². The number of thiophene rings is 1. The topological polar surface area (TPSA) is 52.6 Å². The van der Waals surface area contributed by atoms with E-state index < -0.39 is 5.97 Å². The molecule has 0 saturated heterocycles. The Morgan fingerprint density at radius 1 is 1.00 bits per heavy atom. The van der Waals surface area contributed by atoms with Crippen molar-refractivity contribution in [2.45, 2.75) is 19.8 Å². The third-order valence-corrected chi connectivity index (χ3v) is 6.49. The highest BCUT2D eigenvalue weighted by Crippen LogP contribution is 2.42. The second-order valence-electron chi connectivity index (χ2n) is 8.00. The van der Waals surface area contributed by atoms with Gasteiger partial charge in [0.2, 0.25) is 5.78 Å². The number of carbonyl (C=O) groups is 2. The summed E-state index contributed by atoms with van der Waals surface area (Å²) in [5.41, 5.74) is 2.35. The normalized spacial score (nSPS) is 11.3. The minimum atomic E-state index is -0.442. The molecule has 0 N–H and O–H groups in total. The lowest BCUT2D eigenvalue weighted by Gasteiger charge is -2.12. The summed E-state index contributed by atoms with van der Waals surface area (Å²) in [6.07, 6.45) is 2.97. The van der Waals surface area contributed by atoms with Crippen LogP contribution in [0.3, 0.4) is 0 Å². The Hall–Kier alpha value is -3.77. The monoisotopic (exact) mass is 474 g/mol. The number of ketones is 1. The first kappa shape index (κ1) is 23.4. The van der Waals surface area contributed by atoms with Crippen molar-refractivity contribution >= 4 is 39.3 Å². The van der Waals surface area contributed by atoms with Gasteiger partial charge in [0.05, 0.1) is 7.11 Å². The lowest BCUT2D eigenvalue weighted by atomic mass is 9.94. The predicted octanol–water partition coefficient (Wildman–Crippen LogP) is 7.37. The van der Waals surface area contributed by atoms with E-state index >= 15 is 0 Å². The van der Waals surface area contributed by atoms with E-state index in [1.54, 1.807) is 36.4 Å². The van der Waals surface area contributed by atoms with Gasteiger partial charge in [0.1, 0.15) is 16.4 Å². The molecule has 34 heavy (non-hydrogen) atoms. The van der Waals surface area contributed by atoms with Crippen molar-refractivity contribution in [2.75, 3.05) is 7.11 Å². The highest BCUT2D eigenvalue weighted by molar-refractivity contribution is 7.21. The lowest BCUT2D eigenvalue weighted by molar-refractivity contribution is -0.134. The Bertz CT molecular complexity index is 1380. The van der Waals surface area contributed by atoms with E-state index in [0.29, 0.717) is 32.0 Å². The first-order valence-electron chi connectivity index (χ1n) is 10.8. The summed E-state index contributed by atoms with van der Waals surface area (Å²) in [5.74, 6) is 0.123. The van der Waals surface area contributed by atoms with Crippen LogP contribution in [0.15, 0.2) is 72.8 Å². The number of methoxy groups -OCH3 is 1. The molecular weight excluding hydrogens is 451 g/mol. The van der Waals surface area contributed by atoms with E-state index in [2.05, 4.69) is 4.74 Å². The minimum Gasteiger partial charge on any atom is -0.466 e. The minimum absolute atomic E-state index is 0.154. The number of rotatable bonds is 7. The molecule has 0 spiro atoms. The Balaban J connectivity index is 1.74. The van der Waals surface area contributed by atoms with Gasteiger partial charge >= 0.3 is 5.97 Å². The predicted molar refractivity (Wildman–Crippen MR) is 133 cm³/mol. The molecule has 0 fully saturated rings. The zero-order chi connectivity index (χ0) is 24.2. The summed E-state index contributed by atoms with van der Waals surface area (Å²) in [6, 6.07) is 19.0. The molecule has 1 heterocycles. The van der Waals surface area contributed by atoms with Gasteiger partial charge in [-0.1, -0.05) is 50.2 Å². The van der Waals surface area contributed by atoms with Gasteiger partial charge in [0.15, 0.2) is 5.75 Å². The van der Waals surface area contributed by atoms with Crippen molar-refractivity contribution < 1.29 is 23.5 Å². The van der Waals surface area contributed by atoms with Crippen LogP contribution in [0.25, 0.3) is 16.2 Å². The number of carbonyl (C=O) groups excluding carboxylic acids is 2. The SMILES string of the molecule is COC(=O)/C=C/c1ccc(Oc2c(C(=O)c3ccccc3C(C)C)sc3cc(F)ccc23)cc1. The number of ether oxygens (including phenoxy) is 2. The molecule has 3 aromatic carbocycles. The van der Waals surface area contributed by atoms with Crippen LogP contribution < -0.4 is 4.74 Å². The smallest absolute Gasteiger partial charge is 0.330 e. The van der Waals surface area contributed by atoms with Crippen LogP contribution in [0.4, 0.5) is 4.39 Å². The van der Waals surface area contributed by atoms with Crippen LogP contribution in [0.5, 0.6) is 11.5 Å². The molecule has 4 aromatic rings. The first-order chi connectivity index (χ1) is 16.4. The number of benzene rings is 3. The number of fused-ring (bicyclic) bond motifs is 1. The number of hydrogen-bond acceptors (Lipinski definition) is 5. The second-order valence-corrected chi connectivity index (χ2v) is 9.05. The maximum absolute atomic E-state index is 13.9. The standard InChI is InChI=1S/C28H23FO4S/c1-17(2)21-6-4-5-7-22(21)26(31)28-27(23-14-11-19(29)16-24(23)34-28)33-20-12-8-18(9-13-20)10-15-25(30)32-3/h4-17H,1-3H3/b15-10+. The van der Waals surface area contributed by atoms with Gasteiger partial charge in [-0.15, -0.1) is 11.3 Å². The fraction of sp³-hybridized carbons (Fsp3) is 0.143. The number of hydrogen-bond donors (Lipinski definition) is 0. The van der Waals surface area contributed by atoms with E-state index in [1.807, 2.05) is 38.1 Å². The van der Waals surface area contributed by atoms with Crippen LogP contribution >= 0.6 is 11.3 Å². The van der Waals surface area contributed by atoms with Crippen molar-refractivity contribution in [1.29, 1.82) is 0 Å². The first-order valence-corrected chi connectivity index (χ1v) is 11.6. The largest absolute Gasteiger partial charge is 0.466 e. The van der Waals surface area contributed by atoms with Gasteiger partial charge < -0.3 is 9.47 Å². The number of halogens is 1. The summed E-state index contributed by atoms with van der Waals surface area (Å²) >= 11 is 1.22. The molecule has 1 aromatic heterocycles. The quantitative estimate of drug-likeness (QED) is 0.159. The Kier molecular flexibility index (Phi) is 6.89. The van der Waals surface area contributed by atoms with Gasteiger partial charge in [-0.05, 0) is 53.5 Å². The van der Waals surface area contributed by atoms with E-state index in [9.17, 15) is 14.0 Å². The van der Waals surface area contributed by atoms with Gasteiger partial charge in [0, 0.05) is 21.7 Å². The van der Waals surface area contributed by atoms with Crippen molar-refractivity contribution in [3.05, 3.63) is 100 Å². The second kappa shape index (κ2) is 10.0. The highest BCUT2D eigenvalue weighted by Gasteiger charge is 2.24. The molecule has 0 aliphatic heterocycles. The molecule has 0 amide bonds.